The average molecular weight is 334 g/mol. The second-order valence-corrected chi connectivity index (χ2v) is 6.16. The molecule has 2 rings (SSSR count). The van der Waals surface area contributed by atoms with Crippen molar-refractivity contribution < 1.29 is 24.2 Å². The summed E-state index contributed by atoms with van der Waals surface area (Å²) in [6, 6.07) is 6.28. The zero-order valence-electron chi connectivity index (χ0n) is 13.9. The van der Waals surface area contributed by atoms with Crippen molar-refractivity contribution in [2.24, 2.45) is 5.41 Å². The molecule has 0 spiro atoms. The summed E-state index contributed by atoms with van der Waals surface area (Å²) in [6.07, 6.45) is 0.748. The Labute approximate surface area is 140 Å². The Morgan fingerprint density at radius 2 is 1.67 bits per heavy atom. The van der Waals surface area contributed by atoms with Crippen molar-refractivity contribution in [1.29, 1.82) is 0 Å². The van der Waals surface area contributed by atoms with Crippen molar-refractivity contribution in [2.45, 2.75) is 12.8 Å². The van der Waals surface area contributed by atoms with Gasteiger partial charge in [-0.05, 0) is 37.1 Å². The number of hydrogen-bond donors (Lipinski definition) is 2. The van der Waals surface area contributed by atoms with E-state index in [4.69, 9.17) is 4.74 Å². The third-order valence-corrected chi connectivity index (χ3v) is 4.29. The lowest BCUT2D eigenvalue weighted by atomic mass is 9.80. The highest BCUT2D eigenvalue weighted by atomic mass is 16.5. The molecule has 130 valence electrons. The topological polar surface area (TPSA) is 95.9 Å². The molecule has 2 amide bonds. The maximum Gasteiger partial charge on any atom is 0.311 e. The molecule has 1 aliphatic rings. The second kappa shape index (κ2) is 7.44. The van der Waals surface area contributed by atoms with E-state index in [2.05, 4.69) is 5.32 Å². The first kappa shape index (κ1) is 17.9. The molecule has 0 radical (unpaired) electrons. The normalized spacial score (nSPS) is 16.2. The van der Waals surface area contributed by atoms with Gasteiger partial charge in [0.15, 0.2) is 0 Å². The SMILES string of the molecule is CN(C)C(=O)c1ccc(C(=O)NCC2(C(=O)O)CCOCC2)cc1. The van der Waals surface area contributed by atoms with E-state index in [1.54, 1.807) is 38.4 Å². The predicted octanol–water partition coefficient (Wildman–Crippen LogP) is 1.000. The van der Waals surface area contributed by atoms with Crippen LogP contribution in [0.2, 0.25) is 0 Å². The highest BCUT2D eigenvalue weighted by Crippen LogP contribution is 2.30. The first-order valence-corrected chi connectivity index (χ1v) is 7.77. The number of ether oxygens (including phenoxy) is 1. The van der Waals surface area contributed by atoms with E-state index in [-0.39, 0.29) is 18.4 Å². The van der Waals surface area contributed by atoms with Crippen LogP contribution in [0, 0.1) is 5.41 Å². The highest BCUT2D eigenvalue weighted by Gasteiger charge is 2.40. The number of carboxylic acid groups (broad SMARTS) is 1. The van der Waals surface area contributed by atoms with Crippen LogP contribution in [-0.2, 0) is 9.53 Å². The van der Waals surface area contributed by atoms with E-state index >= 15 is 0 Å². The summed E-state index contributed by atoms with van der Waals surface area (Å²) in [6.45, 7) is 0.815. The van der Waals surface area contributed by atoms with Crippen LogP contribution >= 0.6 is 0 Å². The third-order valence-electron chi connectivity index (χ3n) is 4.29. The molecular formula is C17H22N2O5. The molecule has 1 aliphatic heterocycles. The van der Waals surface area contributed by atoms with Gasteiger partial charge in [0.1, 0.15) is 0 Å². The van der Waals surface area contributed by atoms with Gasteiger partial charge in [0.2, 0.25) is 0 Å². The smallest absolute Gasteiger partial charge is 0.311 e. The molecule has 0 saturated carbocycles. The van der Waals surface area contributed by atoms with Gasteiger partial charge in [-0.15, -0.1) is 0 Å². The van der Waals surface area contributed by atoms with Gasteiger partial charge in [0, 0.05) is 45.0 Å². The van der Waals surface area contributed by atoms with Crippen molar-refractivity contribution in [2.75, 3.05) is 33.9 Å². The molecule has 1 aromatic carbocycles. The predicted molar refractivity (Wildman–Crippen MR) is 86.9 cm³/mol. The monoisotopic (exact) mass is 334 g/mol. The van der Waals surface area contributed by atoms with Crippen LogP contribution in [0.15, 0.2) is 24.3 Å². The zero-order chi connectivity index (χ0) is 17.7. The van der Waals surface area contributed by atoms with Crippen molar-refractivity contribution in [3.8, 4) is 0 Å². The quantitative estimate of drug-likeness (QED) is 0.837. The maximum absolute atomic E-state index is 12.2. The number of amides is 2. The molecule has 2 N–H and O–H groups in total. The summed E-state index contributed by atoms with van der Waals surface area (Å²) in [5.41, 5.74) is -0.102. The van der Waals surface area contributed by atoms with E-state index in [1.807, 2.05) is 0 Å². The number of carboxylic acids is 1. The molecule has 0 atom stereocenters. The van der Waals surface area contributed by atoms with Crippen LogP contribution in [0.1, 0.15) is 33.6 Å². The summed E-state index contributed by atoms with van der Waals surface area (Å²) in [7, 11) is 3.31. The number of nitrogens with zero attached hydrogens (tertiary/aromatic N) is 1. The molecule has 1 heterocycles. The Kier molecular flexibility index (Phi) is 5.56. The van der Waals surface area contributed by atoms with E-state index < -0.39 is 11.4 Å². The standard InChI is InChI=1S/C17H22N2O5/c1-19(2)15(21)13-5-3-12(4-6-13)14(20)18-11-17(16(22)23)7-9-24-10-8-17/h3-6H,7-11H2,1-2H3,(H,18,20)(H,22,23). The molecule has 1 aromatic rings. The van der Waals surface area contributed by atoms with Crippen molar-refractivity contribution in [3.63, 3.8) is 0 Å². The van der Waals surface area contributed by atoms with E-state index in [9.17, 15) is 19.5 Å². The van der Waals surface area contributed by atoms with Gasteiger partial charge in [-0.3, -0.25) is 14.4 Å². The number of carbonyl (C=O) groups is 3. The number of aliphatic carboxylic acids is 1. The van der Waals surface area contributed by atoms with Gasteiger partial charge < -0.3 is 20.1 Å². The Morgan fingerprint density at radius 3 is 2.17 bits per heavy atom. The van der Waals surface area contributed by atoms with Gasteiger partial charge in [-0.25, -0.2) is 0 Å². The fraction of sp³-hybridized carbons (Fsp3) is 0.471. The minimum atomic E-state index is -0.977. The van der Waals surface area contributed by atoms with Crippen LogP contribution in [0.5, 0.6) is 0 Å². The van der Waals surface area contributed by atoms with Gasteiger partial charge in [-0.2, -0.15) is 0 Å². The molecule has 1 fully saturated rings. The van der Waals surface area contributed by atoms with Crippen LogP contribution in [-0.4, -0.2) is 61.6 Å². The maximum atomic E-state index is 12.2. The van der Waals surface area contributed by atoms with Gasteiger partial charge in [0.25, 0.3) is 11.8 Å². The summed E-state index contributed by atoms with van der Waals surface area (Å²) in [5.74, 6) is -1.42. The fourth-order valence-corrected chi connectivity index (χ4v) is 2.60. The summed E-state index contributed by atoms with van der Waals surface area (Å²) >= 11 is 0. The Balaban J connectivity index is 2.01. The highest BCUT2D eigenvalue weighted by molar-refractivity contribution is 5.97. The molecule has 7 heteroatoms. The molecule has 1 saturated heterocycles. The van der Waals surface area contributed by atoms with Crippen molar-refractivity contribution in [3.05, 3.63) is 35.4 Å². The van der Waals surface area contributed by atoms with Gasteiger partial charge in [0.05, 0.1) is 5.41 Å². The molecular weight excluding hydrogens is 312 g/mol. The molecule has 0 aromatic heterocycles. The summed E-state index contributed by atoms with van der Waals surface area (Å²) < 4.78 is 5.21. The molecule has 0 unspecified atom stereocenters. The lowest BCUT2D eigenvalue weighted by Crippen LogP contribution is -2.46. The molecule has 7 nitrogen and oxygen atoms in total. The van der Waals surface area contributed by atoms with E-state index in [1.165, 1.54) is 4.90 Å². The Morgan fingerprint density at radius 1 is 1.12 bits per heavy atom. The number of nitrogens with one attached hydrogen (secondary N) is 1. The summed E-state index contributed by atoms with van der Waals surface area (Å²) in [4.78, 5) is 37.1. The molecule has 24 heavy (non-hydrogen) atoms. The van der Waals surface area contributed by atoms with E-state index in [0.29, 0.717) is 37.2 Å². The van der Waals surface area contributed by atoms with Crippen molar-refractivity contribution >= 4 is 17.8 Å². The summed E-state index contributed by atoms with van der Waals surface area (Å²) in [5, 5.41) is 12.2. The van der Waals surface area contributed by atoms with Crippen LogP contribution in [0.4, 0.5) is 0 Å². The first-order valence-electron chi connectivity index (χ1n) is 7.77. The van der Waals surface area contributed by atoms with Gasteiger partial charge in [-0.1, -0.05) is 0 Å². The minimum Gasteiger partial charge on any atom is -0.481 e. The molecule has 0 bridgehead atoms. The largest absolute Gasteiger partial charge is 0.481 e. The number of rotatable bonds is 5. The zero-order valence-corrected chi connectivity index (χ0v) is 13.9. The third kappa shape index (κ3) is 3.91. The van der Waals surface area contributed by atoms with E-state index in [0.717, 1.165) is 0 Å². The fourth-order valence-electron chi connectivity index (χ4n) is 2.60. The molecule has 0 aliphatic carbocycles. The van der Waals surface area contributed by atoms with Crippen molar-refractivity contribution in [1.82, 2.24) is 10.2 Å². The number of hydrogen-bond acceptors (Lipinski definition) is 4. The van der Waals surface area contributed by atoms with Crippen LogP contribution in [0.3, 0.4) is 0 Å². The Hall–Kier alpha value is -2.41. The lowest BCUT2D eigenvalue weighted by Gasteiger charge is -2.33. The second-order valence-electron chi connectivity index (χ2n) is 6.16. The first-order chi connectivity index (χ1) is 11.4. The lowest BCUT2D eigenvalue weighted by molar-refractivity contribution is -0.154. The average Bonchev–Trinajstić information content (AvgIpc) is 2.59. The number of carbonyl (C=O) groups excluding carboxylic acids is 2. The number of benzene rings is 1. The van der Waals surface area contributed by atoms with Crippen LogP contribution in [0.25, 0.3) is 0 Å². The Bertz CT molecular complexity index is 618. The van der Waals surface area contributed by atoms with Crippen LogP contribution < -0.4 is 5.32 Å². The minimum absolute atomic E-state index is 0.0584. The van der Waals surface area contributed by atoms with Gasteiger partial charge >= 0.3 is 5.97 Å².